The molecule has 1 aliphatic heterocycles. The molecule has 4 rings (SSSR count). The fourth-order valence-corrected chi connectivity index (χ4v) is 4.07. The van der Waals surface area contributed by atoms with E-state index in [2.05, 4.69) is 0 Å². The molecular weight excluding hydrogens is 342 g/mol. The van der Waals surface area contributed by atoms with Gasteiger partial charge in [-0.15, -0.1) is 0 Å². The Kier molecular flexibility index (Phi) is 4.06. The quantitative estimate of drug-likeness (QED) is 0.701. The van der Waals surface area contributed by atoms with Gasteiger partial charge in [0.05, 0.1) is 23.6 Å². The lowest BCUT2D eigenvalue weighted by Gasteiger charge is -2.29. The Hall–Kier alpha value is -3.02. The summed E-state index contributed by atoms with van der Waals surface area (Å²) in [7, 11) is 5.26. The number of fused-ring (bicyclic) bond motifs is 2. The van der Waals surface area contributed by atoms with Crippen molar-refractivity contribution in [2.45, 2.75) is 19.9 Å². The number of carbonyl (C=O) groups excluding carboxylic acids is 1. The number of hydrogen-bond donors (Lipinski definition) is 0. The molecule has 3 heterocycles. The van der Waals surface area contributed by atoms with Crippen molar-refractivity contribution in [1.82, 2.24) is 14.0 Å². The molecule has 2 aromatic heterocycles. The molecule has 0 N–H and O–H groups in total. The smallest absolute Gasteiger partial charge is 0.260 e. The molecule has 0 atom stereocenters. The topological polar surface area (TPSA) is 56.5 Å². The van der Waals surface area contributed by atoms with Gasteiger partial charge in [-0.05, 0) is 42.2 Å². The van der Waals surface area contributed by atoms with Crippen LogP contribution in [-0.4, -0.2) is 33.6 Å². The van der Waals surface area contributed by atoms with Crippen LogP contribution in [0.4, 0.5) is 0 Å². The Morgan fingerprint density at radius 3 is 2.63 bits per heavy atom. The lowest BCUT2D eigenvalue weighted by atomic mass is 9.98. The van der Waals surface area contributed by atoms with Crippen LogP contribution in [0.5, 0.6) is 5.75 Å². The molecule has 1 amide bonds. The minimum absolute atomic E-state index is 0.0928. The molecule has 6 heteroatoms. The predicted molar refractivity (Wildman–Crippen MR) is 104 cm³/mol. The molecule has 0 spiro atoms. The number of carbonyl (C=O) groups is 1. The molecule has 0 saturated heterocycles. The number of benzene rings is 1. The molecule has 0 bridgehead atoms. The fourth-order valence-electron chi connectivity index (χ4n) is 4.07. The molecule has 1 aromatic carbocycles. The van der Waals surface area contributed by atoms with Gasteiger partial charge < -0.3 is 18.8 Å². The molecule has 0 unspecified atom stereocenters. The Balaban J connectivity index is 1.75. The van der Waals surface area contributed by atoms with Crippen molar-refractivity contribution in [3.05, 3.63) is 63.2 Å². The van der Waals surface area contributed by atoms with Gasteiger partial charge in [-0.3, -0.25) is 9.59 Å². The SMILES string of the molecule is COc1ccc2c(c1)CCN(C(=O)c1cn(C)c3c(C)cn(C)c(=O)c13)C2. The molecule has 1 aliphatic rings. The van der Waals surface area contributed by atoms with Crippen molar-refractivity contribution in [1.29, 1.82) is 0 Å². The third kappa shape index (κ3) is 2.72. The van der Waals surface area contributed by atoms with Crippen LogP contribution < -0.4 is 10.3 Å². The van der Waals surface area contributed by atoms with Crippen molar-refractivity contribution in [2.24, 2.45) is 14.1 Å². The second kappa shape index (κ2) is 6.30. The summed E-state index contributed by atoms with van der Waals surface area (Å²) >= 11 is 0. The summed E-state index contributed by atoms with van der Waals surface area (Å²) in [5.74, 6) is 0.742. The molecular formula is C21H23N3O3. The highest BCUT2D eigenvalue weighted by molar-refractivity contribution is 6.07. The molecule has 0 fully saturated rings. The summed E-state index contributed by atoms with van der Waals surface area (Å²) in [5, 5.41) is 0.505. The normalized spacial score (nSPS) is 13.7. The first-order valence-electron chi connectivity index (χ1n) is 9.01. The summed E-state index contributed by atoms with van der Waals surface area (Å²) in [5.41, 5.74) is 4.48. The Morgan fingerprint density at radius 1 is 1.11 bits per heavy atom. The van der Waals surface area contributed by atoms with E-state index in [4.69, 9.17) is 4.74 Å². The summed E-state index contributed by atoms with van der Waals surface area (Å²) in [6, 6.07) is 5.97. The fraction of sp³-hybridized carbons (Fsp3) is 0.333. The van der Waals surface area contributed by atoms with Crippen LogP contribution in [0.1, 0.15) is 27.0 Å². The summed E-state index contributed by atoms with van der Waals surface area (Å²) in [4.78, 5) is 27.8. The highest BCUT2D eigenvalue weighted by atomic mass is 16.5. The lowest BCUT2D eigenvalue weighted by Crippen LogP contribution is -2.36. The monoisotopic (exact) mass is 365 g/mol. The third-order valence-electron chi connectivity index (χ3n) is 5.42. The van der Waals surface area contributed by atoms with Gasteiger partial charge in [0.25, 0.3) is 11.5 Å². The zero-order valence-electron chi connectivity index (χ0n) is 16.1. The minimum atomic E-state index is -0.137. The second-order valence-corrected chi connectivity index (χ2v) is 7.22. The number of methoxy groups -OCH3 is 1. The van der Waals surface area contributed by atoms with Crippen molar-refractivity contribution >= 4 is 16.8 Å². The maximum atomic E-state index is 13.3. The van der Waals surface area contributed by atoms with Crippen LogP contribution in [0.3, 0.4) is 0 Å². The Labute approximate surface area is 157 Å². The first kappa shape index (κ1) is 17.4. The van der Waals surface area contributed by atoms with E-state index in [0.717, 1.165) is 28.8 Å². The molecule has 3 aromatic rings. The van der Waals surface area contributed by atoms with Gasteiger partial charge in [-0.25, -0.2) is 0 Å². The first-order chi connectivity index (χ1) is 12.9. The zero-order chi connectivity index (χ0) is 19.3. The maximum absolute atomic E-state index is 13.3. The average molecular weight is 365 g/mol. The summed E-state index contributed by atoms with van der Waals surface area (Å²) in [6.07, 6.45) is 4.37. The first-order valence-corrected chi connectivity index (χ1v) is 9.01. The number of hydrogen-bond acceptors (Lipinski definition) is 3. The molecule has 0 radical (unpaired) electrons. The zero-order valence-corrected chi connectivity index (χ0v) is 16.1. The van der Waals surface area contributed by atoms with Gasteiger partial charge in [0.1, 0.15) is 5.75 Å². The van der Waals surface area contributed by atoms with Crippen LogP contribution in [-0.2, 0) is 27.1 Å². The number of aromatic nitrogens is 2. The van der Waals surface area contributed by atoms with Crippen molar-refractivity contribution < 1.29 is 9.53 Å². The molecule has 0 saturated carbocycles. The largest absolute Gasteiger partial charge is 0.497 e. The van der Waals surface area contributed by atoms with E-state index in [1.165, 1.54) is 5.56 Å². The average Bonchev–Trinajstić information content (AvgIpc) is 3.02. The van der Waals surface area contributed by atoms with Crippen LogP contribution >= 0.6 is 0 Å². The van der Waals surface area contributed by atoms with Gasteiger partial charge >= 0.3 is 0 Å². The van der Waals surface area contributed by atoms with E-state index in [-0.39, 0.29) is 11.5 Å². The molecule has 6 nitrogen and oxygen atoms in total. The Morgan fingerprint density at radius 2 is 1.89 bits per heavy atom. The van der Waals surface area contributed by atoms with Crippen LogP contribution in [0.15, 0.2) is 35.4 Å². The molecule has 27 heavy (non-hydrogen) atoms. The standard InChI is InChI=1S/C21H23N3O3/c1-13-10-23(3)21(26)18-17(12-22(2)19(13)18)20(25)24-8-7-14-9-16(27-4)6-5-15(14)11-24/h5-6,9-10,12H,7-8,11H2,1-4H3. The van der Waals surface area contributed by atoms with Crippen LogP contribution in [0.2, 0.25) is 0 Å². The van der Waals surface area contributed by atoms with Crippen molar-refractivity contribution in [3.63, 3.8) is 0 Å². The summed E-state index contributed by atoms with van der Waals surface area (Å²) in [6.45, 7) is 3.13. The van der Waals surface area contributed by atoms with E-state index in [1.54, 1.807) is 24.9 Å². The van der Waals surface area contributed by atoms with E-state index >= 15 is 0 Å². The Bertz CT molecular complexity index is 1120. The van der Waals surface area contributed by atoms with Crippen LogP contribution in [0.25, 0.3) is 10.9 Å². The van der Waals surface area contributed by atoms with Gasteiger partial charge in [0, 0.05) is 39.6 Å². The number of ether oxygens (including phenoxy) is 1. The van der Waals surface area contributed by atoms with Gasteiger partial charge in [0.15, 0.2) is 0 Å². The van der Waals surface area contributed by atoms with E-state index in [1.807, 2.05) is 47.8 Å². The lowest BCUT2D eigenvalue weighted by molar-refractivity contribution is 0.0736. The third-order valence-corrected chi connectivity index (χ3v) is 5.42. The van der Waals surface area contributed by atoms with Gasteiger partial charge in [-0.2, -0.15) is 0 Å². The number of amides is 1. The minimum Gasteiger partial charge on any atom is -0.497 e. The highest BCUT2D eigenvalue weighted by Gasteiger charge is 2.26. The van der Waals surface area contributed by atoms with Gasteiger partial charge in [-0.1, -0.05) is 6.07 Å². The van der Waals surface area contributed by atoms with E-state index in [0.29, 0.717) is 24.0 Å². The molecule has 0 aliphatic carbocycles. The predicted octanol–water partition coefficient (Wildman–Crippen LogP) is 2.39. The van der Waals surface area contributed by atoms with Crippen molar-refractivity contribution in [2.75, 3.05) is 13.7 Å². The van der Waals surface area contributed by atoms with Crippen LogP contribution in [0, 0.1) is 6.92 Å². The summed E-state index contributed by atoms with van der Waals surface area (Å²) < 4.78 is 8.71. The number of nitrogens with zero attached hydrogens (tertiary/aromatic N) is 3. The van der Waals surface area contributed by atoms with E-state index < -0.39 is 0 Å². The number of rotatable bonds is 2. The number of pyridine rings is 1. The maximum Gasteiger partial charge on any atom is 0.260 e. The highest BCUT2D eigenvalue weighted by Crippen LogP contribution is 2.27. The number of aryl methyl sites for hydroxylation is 3. The second-order valence-electron chi connectivity index (χ2n) is 7.22. The molecule has 140 valence electrons. The van der Waals surface area contributed by atoms with Crippen molar-refractivity contribution in [3.8, 4) is 5.75 Å². The van der Waals surface area contributed by atoms with E-state index in [9.17, 15) is 9.59 Å². The van der Waals surface area contributed by atoms with Gasteiger partial charge in [0.2, 0.25) is 0 Å².